The molecule has 0 saturated carbocycles. The summed E-state index contributed by atoms with van der Waals surface area (Å²) in [6.07, 6.45) is 0. The highest BCUT2D eigenvalue weighted by atomic mass is 35.5. The fourth-order valence-corrected chi connectivity index (χ4v) is 3.22. The van der Waals surface area contributed by atoms with Gasteiger partial charge in [0.1, 0.15) is 23.1 Å². The summed E-state index contributed by atoms with van der Waals surface area (Å²) in [6.45, 7) is 4.33. The lowest BCUT2D eigenvalue weighted by Crippen LogP contribution is -2.30. The predicted octanol–water partition coefficient (Wildman–Crippen LogP) is 5.18. The average molecular weight is 387 g/mol. The topological polar surface area (TPSA) is 51.2 Å². The molecule has 0 radical (unpaired) electrons. The first kappa shape index (κ1) is 18.4. The van der Waals surface area contributed by atoms with Crippen LogP contribution in [0.1, 0.15) is 29.9 Å². The van der Waals surface area contributed by atoms with E-state index in [0.717, 1.165) is 21.9 Å². The van der Waals surface area contributed by atoms with Crippen molar-refractivity contribution in [1.82, 2.24) is 10.3 Å². The summed E-state index contributed by atoms with van der Waals surface area (Å²) in [5.41, 5.74) is 2.46. The molecular formula is C20H19ClN2O2S. The number of aromatic nitrogens is 1. The molecule has 2 aromatic carbocycles. The van der Waals surface area contributed by atoms with E-state index in [4.69, 9.17) is 16.3 Å². The molecule has 6 heteroatoms. The Kier molecular flexibility index (Phi) is 5.91. The van der Waals surface area contributed by atoms with Crippen molar-refractivity contribution in [3.05, 3.63) is 70.2 Å². The Labute approximate surface area is 161 Å². The van der Waals surface area contributed by atoms with Gasteiger partial charge in [0.25, 0.3) is 5.91 Å². The molecule has 0 unspecified atom stereocenters. The number of rotatable bonds is 6. The molecule has 0 aliphatic heterocycles. The van der Waals surface area contributed by atoms with Crippen LogP contribution in [0, 0.1) is 0 Å². The fourth-order valence-electron chi connectivity index (χ4n) is 2.29. The number of hydrogen-bond acceptors (Lipinski definition) is 4. The zero-order chi connectivity index (χ0) is 18.5. The summed E-state index contributed by atoms with van der Waals surface area (Å²) in [6, 6.07) is 15.4. The van der Waals surface area contributed by atoms with E-state index < -0.39 is 0 Å². The summed E-state index contributed by atoms with van der Waals surface area (Å²) in [5, 5.41) is 6.14. The predicted molar refractivity (Wildman–Crippen MR) is 106 cm³/mol. The van der Waals surface area contributed by atoms with Crippen molar-refractivity contribution in [1.29, 1.82) is 0 Å². The van der Waals surface area contributed by atoms with Crippen molar-refractivity contribution in [2.45, 2.75) is 26.5 Å². The molecule has 26 heavy (non-hydrogen) atoms. The van der Waals surface area contributed by atoms with Gasteiger partial charge < -0.3 is 10.1 Å². The van der Waals surface area contributed by atoms with Crippen LogP contribution in [0.4, 0.5) is 0 Å². The van der Waals surface area contributed by atoms with E-state index in [0.29, 0.717) is 17.3 Å². The number of hydrogen-bond donors (Lipinski definition) is 1. The molecule has 0 atom stereocenters. The van der Waals surface area contributed by atoms with Crippen molar-refractivity contribution in [2.24, 2.45) is 0 Å². The van der Waals surface area contributed by atoms with E-state index in [9.17, 15) is 4.79 Å². The molecule has 1 amide bonds. The molecule has 0 fully saturated rings. The maximum atomic E-state index is 12.0. The Morgan fingerprint density at radius 1 is 1.15 bits per heavy atom. The Morgan fingerprint density at radius 3 is 2.50 bits per heavy atom. The standard InChI is InChI=1S/C20H19ClN2O2S/c1-13(2)22-19(24)18-12-26-20(23-18)15-5-9-17(10-6-15)25-11-14-3-7-16(21)8-4-14/h3-10,12-13H,11H2,1-2H3,(H,22,24). The molecule has 1 N–H and O–H groups in total. The molecule has 1 aromatic heterocycles. The van der Waals surface area contributed by atoms with Crippen LogP contribution in [0.5, 0.6) is 5.75 Å². The summed E-state index contributed by atoms with van der Waals surface area (Å²) in [5.74, 6) is 0.628. The van der Waals surface area contributed by atoms with Crippen molar-refractivity contribution in [2.75, 3.05) is 0 Å². The van der Waals surface area contributed by atoms with Gasteiger partial charge in [0.05, 0.1) is 0 Å². The van der Waals surface area contributed by atoms with Crippen LogP contribution in [0.15, 0.2) is 53.9 Å². The maximum Gasteiger partial charge on any atom is 0.270 e. The summed E-state index contributed by atoms with van der Waals surface area (Å²) >= 11 is 7.33. The number of carbonyl (C=O) groups excluding carboxylic acids is 1. The highest BCUT2D eigenvalue weighted by molar-refractivity contribution is 7.13. The van der Waals surface area contributed by atoms with Crippen molar-refractivity contribution >= 4 is 28.8 Å². The molecule has 134 valence electrons. The number of benzene rings is 2. The number of thiazole rings is 1. The van der Waals surface area contributed by atoms with E-state index >= 15 is 0 Å². The maximum absolute atomic E-state index is 12.0. The minimum atomic E-state index is -0.148. The van der Waals surface area contributed by atoms with Gasteiger partial charge in [0.15, 0.2) is 0 Å². The molecule has 4 nitrogen and oxygen atoms in total. The molecule has 3 aromatic rings. The van der Waals surface area contributed by atoms with Gasteiger partial charge in [-0.25, -0.2) is 4.98 Å². The molecule has 0 saturated heterocycles. The normalized spacial score (nSPS) is 10.8. The summed E-state index contributed by atoms with van der Waals surface area (Å²) in [7, 11) is 0. The van der Waals surface area contributed by atoms with Crippen LogP contribution in [-0.4, -0.2) is 16.9 Å². The minimum Gasteiger partial charge on any atom is -0.489 e. The number of nitrogens with one attached hydrogen (secondary N) is 1. The van der Waals surface area contributed by atoms with Crippen molar-refractivity contribution in [3.63, 3.8) is 0 Å². The highest BCUT2D eigenvalue weighted by Crippen LogP contribution is 2.26. The molecule has 0 spiro atoms. The van der Waals surface area contributed by atoms with Crippen LogP contribution < -0.4 is 10.1 Å². The largest absolute Gasteiger partial charge is 0.489 e. The smallest absolute Gasteiger partial charge is 0.270 e. The highest BCUT2D eigenvalue weighted by Gasteiger charge is 2.12. The molecule has 1 heterocycles. The van der Waals surface area contributed by atoms with Gasteiger partial charge in [0.2, 0.25) is 0 Å². The molecule has 0 bridgehead atoms. The third-order valence-corrected chi connectivity index (χ3v) is 4.72. The Bertz CT molecular complexity index is 874. The van der Waals surface area contributed by atoms with Crippen molar-refractivity contribution in [3.8, 4) is 16.3 Å². The summed E-state index contributed by atoms with van der Waals surface area (Å²) < 4.78 is 5.79. The second kappa shape index (κ2) is 8.34. The van der Waals surface area contributed by atoms with Gasteiger partial charge in [0, 0.05) is 22.0 Å². The molecule has 0 aliphatic carbocycles. The molecule has 3 rings (SSSR count). The van der Waals surface area contributed by atoms with E-state index in [1.807, 2.05) is 62.4 Å². The number of carbonyl (C=O) groups is 1. The van der Waals surface area contributed by atoms with Crippen LogP contribution in [0.25, 0.3) is 10.6 Å². The fraction of sp³-hybridized carbons (Fsp3) is 0.200. The zero-order valence-corrected chi connectivity index (χ0v) is 16.1. The van der Waals surface area contributed by atoms with Gasteiger partial charge in [-0.2, -0.15) is 0 Å². The quantitative estimate of drug-likeness (QED) is 0.635. The van der Waals surface area contributed by atoms with Gasteiger partial charge in [-0.1, -0.05) is 23.7 Å². The minimum absolute atomic E-state index is 0.0877. The molecule has 0 aliphatic rings. The average Bonchev–Trinajstić information content (AvgIpc) is 3.11. The van der Waals surface area contributed by atoms with Gasteiger partial charge >= 0.3 is 0 Å². The lowest BCUT2D eigenvalue weighted by molar-refractivity contribution is 0.0939. The lowest BCUT2D eigenvalue weighted by Gasteiger charge is -2.07. The van der Waals surface area contributed by atoms with Gasteiger partial charge in [-0.05, 0) is 55.8 Å². The Morgan fingerprint density at radius 2 is 1.85 bits per heavy atom. The number of nitrogens with zero attached hydrogens (tertiary/aromatic N) is 1. The second-order valence-electron chi connectivity index (χ2n) is 6.11. The van der Waals surface area contributed by atoms with Crippen LogP contribution >= 0.6 is 22.9 Å². The van der Waals surface area contributed by atoms with Gasteiger partial charge in [-0.3, -0.25) is 4.79 Å². The van der Waals surface area contributed by atoms with Crippen LogP contribution in [0.2, 0.25) is 5.02 Å². The van der Waals surface area contributed by atoms with E-state index in [2.05, 4.69) is 10.3 Å². The van der Waals surface area contributed by atoms with E-state index in [1.54, 1.807) is 5.38 Å². The lowest BCUT2D eigenvalue weighted by atomic mass is 10.2. The van der Waals surface area contributed by atoms with E-state index in [-0.39, 0.29) is 11.9 Å². The number of halogens is 1. The first-order chi connectivity index (χ1) is 12.5. The van der Waals surface area contributed by atoms with E-state index in [1.165, 1.54) is 11.3 Å². The molecular weight excluding hydrogens is 368 g/mol. The number of ether oxygens (including phenoxy) is 1. The third-order valence-electron chi connectivity index (χ3n) is 3.58. The Hall–Kier alpha value is -2.37. The SMILES string of the molecule is CC(C)NC(=O)c1csc(-c2ccc(OCc3ccc(Cl)cc3)cc2)n1. The second-order valence-corrected chi connectivity index (χ2v) is 7.40. The first-order valence-electron chi connectivity index (χ1n) is 8.25. The summed E-state index contributed by atoms with van der Waals surface area (Å²) in [4.78, 5) is 16.4. The monoisotopic (exact) mass is 386 g/mol. The van der Waals surface area contributed by atoms with Crippen molar-refractivity contribution < 1.29 is 9.53 Å². The first-order valence-corrected chi connectivity index (χ1v) is 9.51. The van der Waals surface area contributed by atoms with Crippen LogP contribution in [0.3, 0.4) is 0 Å². The van der Waals surface area contributed by atoms with Crippen LogP contribution in [-0.2, 0) is 6.61 Å². The zero-order valence-electron chi connectivity index (χ0n) is 14.5. The number of amides is 1. The van der Waals surface area contributed by atoms with Gasteiger partial charge in [-0.15, -0.1) is 11.3 Å². The third kappa shape index (κ3) is 4.84. The Balaban J connectivity index is 1.63.